The van der Waals surface area contributed by atoms with Crippen LogP contribution in [0.3, 0.4) is 0 Å². The summed E-state index contributed by atoms with van der Waals surface area (Å²) in [4.78, 5) is 16.9. The topological polar surface area (TPSA) is 47.2 Å². The Bertz CT molecular complexity index is 861. The number of aromatic nitrogens is 2. The van der Waals surface area contributed by atoms with Crippen LogP contribution < -0.4 is 4.80 Å². The molecule has 0 N–H and O–H groups in total. The standard InChI is InChI=1S/C17H15N3OS/c1-12-8-10-14(11-9-12)18-17-20(15-6-4-3-5-7-15)19-16(22-17)13(2)21/h3-11H,1-2H3. The van der Waals surface area contributed by atoms with Crippen molar-refractivity contribution in [3.63, 3.8) is 0 Å². The smallest absolute Gasteiger partial charge is 0.213 e. The van der Waals surface area contributed by atoms with E-state index in [0.29, 0.717) is 9.81 Å². The van der Waals surface area contributed by atoms with E-state index in [9.17, 15) is 4.79 Å². The van der Waals surface area contributed by atoms with E-state index in [2.05, 4.69) is 10.1 Å². The lowest BCUT2D eigenvalue weighted by Gasteiger charge is -2.00. The SMILES string of the molecule is CC(=O)c1nn(-c2ccccc2)c(=Nc2ccc(C)cc2)s1. The number of benzene rings is 2. The molecule has 22 heavy (non-hydrogen) atoms. The summed E-state index contributed by atoms with van der Waals surface area (Å²) in [6.45, 7) is 3.55. The Balaban J connectivity index is 2.17. The first-order valence-corrected chi connectivity index (χ1v) is 7.73. The number of ketones is 1. The van der Waals surface area contributed by atoms with Crippen LogP contribution in [0.1, 0.15) is 22.3 Å². The highest BCUT2D eigenvalue weighted by molar-refractivity contribution is 7.11. The third-order valence-corrected chi connectivity index (χ3v) is 4.13. The van der Waals surface area contributed by atoms with Crippen molar-refractivity contribution in [2.75, 3.05) is 0 Å². The Morgan fingerprint density at radius 1 is 1.09 bits per heavy atom. The molecule has 5 heteroatoms. The van der Waals surface area contributed by atoms with E-state index in [-0.39, 0.29) is 5.78 Å². The number of Topliss-reactive ketones (excluding diaryl/α,β-unsaturated/α-hetero) is 1. The molecule has 0 aliphatic rings. The largest absolute Gasteiger partial charge is 0.292 e. The van der Waals surface area contributed by atoms with Crippen LogP contribution in [0.4, 0.5) is 5.69 Å². The highest BCUT2D eigenvalue weighted by atomic mass is 32.1. The number of rotatable bonds is 3. The van der Waals surface area contributed by atoms with Crippen LogP contribution in [0.2, 0.25) is 0 Å². The lowest BCUT2D eigenvalue weighted by atomic mass is 10.2. The maximum atomic E-state index is 11.6. The first-order chi connectivity index (χ1) is 10.6. The Labute approximate surface area is 132 Å². The van der Waals surface area contributed by atoms with Gasteiger partial charge in [-0.05, 0) is 31.2 Å². The van der Waals surface area contributed by atoms with E-state index in [1.54, 1.807) is 4.68 Å². The van der Waals surface area contributed by atoms with Crippen molar-refractivity contribution in [3.8, 4) is 5.69 Å². The summed E-state index contributed by atoms with van der Waals surface area (Å²) in [7, 11) is 0. The molecule has 3 rings (SSSR count). The van der Waals surface area contributed by atoms with Gasteiger partial charge in [0.2, 0.25) is 4.80 Å². The van der Waals surface area contributed by atoms with Gasteiger partial charge in [0.05, 0.1) is 11.4 Å². The molecule has 0 aliphatic carbocycles. The second-order valence-electron chi connectivity index (χ2n) is 4.94. The summed E-state index contributed by atoms with van der Waals surface area (Å²) in [5.74, 6) is -0.0555. The highest BCUT2D eigenvalue weighted by Gasteiger charge is 2.10. The molecule has 1 aromatic heterocycles. The first kappa shape index (κ1) is 14.4. The molecule has 3 aromatic rings. The van der Waals surface area contributed by atoms with Gasteiger partial charge < -0.3 is 0 Å². The monoisotopic (exact) mass is 309 g/mol. The fraction of sp³-hybridized carbons (Fsp3) is 0.118. The van der Waals surface area contributed by atoms with Crippen molar-refractivity contribution in [1.29, 1.82) is 0 Å². The zero-order chi connectivity index (χ0) is 15.5. The summed E-state index contributed by atoms with van der Waals surface area (Å²) in [5, 5.41) is 4.84. The quantitative estimate of drug-likeness (QED) is 0.693. The van der Waals surface area contributed by atoms with Gasteiger partial charge in [-0.1, -0.05) is 47.2 Å². The molecule has 110 valence electrons. The van der Waals surface area contributed by atoms with Crippen LogP contribution in [0.5, 0.6) is 0 Å². The van der Waals surface area contributed by atoms with Gasteiger partial charge in [-0.2, -0.15) is 5.10 Å². The third kappa shape index (κ3) is 3.04. The van der Waals surface area contributed by atoms with Crippen LogP contribution in [0, 0.1) is 6.92 Å². The van der Waals surface area contributed by atoms with Crippen molar-refractivity contribution in [2.24, 2.45) is 4.99 Å². The highest BCUT2D eigenvalue weighted by Crippen LogP contribution is 2.13. The van der Waals surface area contributed by atoms with Gasteiger partial charge in [0.25, 0.3) is 0 Å². The Morgan fingerprint density at radius 3 is 2.41 bits per heavy atom. The molecule has 0 atom stereocenters. The van der Waals surface area contributed by atoms with E-state index >= 15 is 0 Å². The second-order valence-corrected chi connectivity index (χ2v) is 5.90. The first-order valence-electron chi connectivity index (χ1n) is 6.91. The Kier molecular flexibility index (Phi) is 3.98. The zero-order valence-corrected chi connectivity index (χ0v) is 13.2. The number of hydrogen-bond donors (Lipinski definition) is 0. The summed E-state index contributed by atoms with van der Waals surface area (Å²) >= 11 is 1.30. The van der Waals surface area contributed by atoms with Crippen molar-refractivity contribution in [1.82, 2.24) is 9.78 Å². The molecule has 2 aromatic carbocycles. The molecule has 0 fully saturated rings. The number of hydrogen-bond acceptors (Lipinski definition) is 4. The van der Waals surface area contributed by atoms with E-state index in [0.717, 1.165) is 11.4 Å². The minimum atomic E-state index is -0.0555. The van der Waals surface area contributed by atoms with Gasteiger partial charge in [-0.3, -0.25) is 4.79 Å². The number of carbonyl (C=O) groups excluding carboxylic acids is 1. The molecule has 0 saturated carbocycles. The number of carbonyl (C=O) groups is 1. The summed E-state index contributed by atoms with van der Waals surface area (Å²) < 4.78 is 1.71. The van der Waals surface area contributed by atoms with Crippen molar-refractivity contribution >= 4 is 22.8 Å². The lowest BCUT2D eigenvalue weighted by Crippen LogP contribution is -2.13. The minimum absolute atomic E-state index is 0.0555. The van der Waals surface area contributed by atoms with Crippen LogP contribution in [-0.2, 0) is 0 Å². The molecule has 0 saturated heterocycles. The minimum Gasteiger partial charge on any atom is -0.292 e. The zero-order valence-electron chi connectivity index (χ0n) is 12.4. The molecule has 1 heterocycles. The van der Waals surface area contributed by atoms with Crippen LogP contribution in [0.25, 0.3) is 5.69 Å². The molecule has 0 aliphatic heterocycles. The third-order valence-electron chi connectivity index (χ3n) is 3.12. The number of aryl methyl sites for hydroxylation is 1. The molecule has 0 spiro atoms. The maximum Gasteiger partial charge on any atom is 0.213 e. The maximum absolute atomic E-state index is 11.6. The van der Waals surface area contributed by atoms with Gasteiger partial charge >= 0.3 is 0 Å². The van der Waals surface area contributed by atoms with E-state index < -0.39 is 0 Å². The van der Waals surface area contributed by atoms with Gasteiger partial charge in [0.15, 0.2) is 10.8 Å². The molecular weight excluding hydrogens is 294 g/mol. The lowest BCUT2D eigenvalue weighted by molar-refractivity contribution is 0.101. The van der Waals surface area contributed by atoms with Crippen molar-refractivity contribution < 1.29 is 4.79 Å². The predicted molar refractivity (Wildman–Crippen MR) is 87.8 cm³/mol. The number of para-hydroxylation sites is 1. The predicted octanol–water partition coefficient (Wildman–Crippen LogP) is 3.68. The molecular formula is C17H15N3OS. The molecule has 0 amide bonds. The van der Waals surface area contributed by atoms with Crippen LogP contribution >= 0.6 is 11.3 Å². The second kappa shape index (κ2) is 6.07. The Morgan fingerprint density at radius 2 is 1.77 bits per heavy atom. The van der Waals surface area contributed by atoms with Gasteiger partial charge in [0, 0.05) is 6.92 Å². The van der Waals surface area contributed by atoms with Crippen molar-refractivity contribution in [2.45, 2.75) is 13.8 Å². The molecule has 0 radical (unpaired) electrons. The summed E-state index contributed by atoms with van der Waals surface area (Å²) in [6, 6.07) is 17.6. The summed E-state index contributed by atoms with van der Waals surface area (Å²) in [5.41, 5.74) is 2.91. The fourth-order valence-corrected chi connectivity index (χ4v) is 2.79. The average molecular weight is 309 g/mol. The van der Waals surface area contributed by atoms with Crippen molar-refractivity contribution in [3.05, 3.63) is 70.0 Å². The van der Waals surface area contributed by atoms with Gasteiger partial charge in [0.1, 0.15) is 0 Å². The Hall–Kier alpha value is -2.53. The summed E-state index contributed by atoms with van der Waals surface area (Å²) in [6.07, 6.45) is 0. The van der Waals surface area contributed by atoms with Gasteiger partial charge in [-0.25, -0.2) is 9.67 Å². The average Bonchev–Trinajstić information content (AvgIpc) is 2.95. The normalized spacial score (nSPS) is 11.6. The molecule has 0 bridgehead atoms. The van der Waals surface area contributed by atoms with Crippen LogP contribution in [0.15, 0.2) is 59.6 Å². The van der Waals surface area contributed by atoms with Gasteiger partial charge in [-0.15, -0.1) is 0 Å². The molecule has 0 unspecified atom stereocenters. The number of nitrogens with zero attached hydrogens (tertiary/aromatic N) is 3. The molecule has 4 nitrogen and oxygen atoms in total. The van der Waals surface area contributed by atoms with Crippen LogP contribution in [-0.4, -0.2) is 15.6 Å². The fourth-order valence-electron chi connectivity index (χ4n) is 1.96. The van der Waals surface area contributed by atoms with E-state index in [4.69, 9.17) is 0 Å². The van der Waals surface area contributed by atoms with E-state index in [1.165, 1.54) is 23.8 Å². The van der Waals surface area contributed by atoms with E-state index in [1.807, 2.05) is 61.5 Å².